The Kier molecular flexibility index (Phi) is 5.88. The third-order valence-electron chi connectivity index (χ3n) is 4.49. The zero-order valence-corrected chi connectivity index (χ0v) is 18.2. The Labute approximate surface area is 175 Å². The normalized spacial score (nSPS) is 11.5. The van der Waals surface area contributed by atoms with Crippen LogP contribution in [-0.4, -0.2) is 47.4 Å². The molecule has 0 atom stereocenters. The summed E-state index contributed by atoms with van der Waals surface area (Å²) in [6.07, 6.45) is 2.72. The van der Waals surface area contributed by atoms with Crippen molar-refractivity contribution in [1.82, 2.24) is 19.7 Å². The van der Waals surface area contributed by atoms with Crippen molar-refractivity contribution in [1.29, 1.82) is 0 Å². The summed E-state index contributed by atoms with van der Waals surface area (Å²) in [5.74, 6) is 0.604. The van der Waals surface area contributed by atoms with E-state index in [2.05, 4.69) is 20.5 Å². The highest BCUT2D eigenvalue weighted by molar-refractivity contribution is 7.90. The Morgan fingerprint density at radius 2 is 1.97 bits per heavy atom. The van der Waals surface area contributed by atoms with E-state index in [0.717, 1.165) is 6.26 Å². The summed E-state index contributed by atoms with van der Waals surface area (Å²) in [6, 6.07) is 8.13. The first-order chi connectivity index (χ1) is 14.1. The molecule has 0 aliphatic rings. The van der Waals surface area contributed by atoms with Gasteiger partial charge in [0, 0.05) is 12.3 Å². The summed E-state index contributed by atoms with van der Waals surface area (Å²) >= 11 is 0. The molecule has 0 aliphatic heterocycles. The molecule has 0 saturated carbocycles. The number of nitrogens with zero attached hydrogens (tertiary/aromatic N) is 4. The Balaban J connectivity index is 1.96. The number of hydrogen-bond acceptors (Lipinski definition) is 7. The summed E-state index contributed by atoms with van der Waals surface area (Å²) in [7, 11) is -2.09. The summed E-state index contributed by atoms with van der Waals surface area (Å²) in [5, 5.41) is 10.7. The lowest BCUT2D eigenvalue weighted by Crippen LogP contribution is -2.16. The number of sulfone groups is 1. The number of carbonyl (C=O) groups is 1. The molecule has 0 unspecified atom stereocenters. The number of amides is 1. The van der Waals surface area contributed by atoms with Crippen molar-refractivity contribution in [2.45, 2.75) is 31.7 Å². The number of aromatic nitrogens is 4. The predicted octanol–water partition coefficient (Wildman–Crippen LogP) is 2.89. The van der Waals surface area contributed by atoms with Gasteiger partial charge in [0.1, 0.15) is 23.6 Å². The Bertz CT molecular complexity index is 1200. The standard InChI is InChI=1S/C20H23N5O4S/c1-12(2)25-11-21-24-19(25)15-7-6-8-18(22-15)23-20(26)14-10-17(30(5,27)28)13(3)9-16(14)29-4/h6-12H,1-5H3,(H,22,23,26). The molecule has 9 nitrogen and oxygen atoms in total. The van der Waals surface area contributed by atoms with E-state index in [4.69, 9.17) is 4.74 Å². The number of benzene rings is 1. The molecular weight excluding hydrogens is 406 g/mol. The van der Waals surface area contributed by atoms with Crippen LogP contribution < -0.4 is 10.1 Å². The fourth-order valence-electron chi connectivity index (χ4n) is 3.02. The van der Waals surface area contributed by atoms with Gasteiger partial charge in [-0.05, 0) is 50.6 Å². The highest BCUT2D eigenvalue weighted by Gasteiger charge is 2.20. The van der Waals surface area contributed by atoms with Crippen LogP contribution in [0.2, 0.25) is 0 Å². The Morgan fingerprint density at radius 3 is 2.60 bits per heavy atom. The van der Waals surface area contributed by atoms with E-state index < -0.39 is 15.7 Å². The number of pyridine rings is 1. The third-order valence-corrected chi connectivity index (χ3v) is 5.73. The second kappa shape index (κ2) is 8.23. The molecule has 2 heterocycles. The molecule has 10 heteroatoms. The zero-order chi connectivity index (χ0) is 22.1. The zero-order valence-electron chi connectivity index (χ0n) is 17.4. The van der Waals surface area contributed by atoms with Crippen molar-refractivity contribution < 1.29 is 17.9 Å². The van der Waals surface area contributed by atoms with Crippen LogP contribution in [0.1, 0.15) is 35.8 Å². The van der Waals surface area contributed by atoms with Crippen molar-refractivity contribution in [3.63, 3.8) is 0 Å². The van der Waals surface area contributed by atoms with Gasteiger partial charge in [-0.25, -0.2) is 13.4 Å². The van der Waals surface area contributed by atoms with Gasteiger partial charge in [-0.1, -0.05) is 6.07 Å². The highest BCUT2D eigenvalue weighted by Crippen LogP contribution is 2.27. The number of ether oxygens (including phenoxy) is 1. The molecule has 158 valence electrons. The quantitative estimate of drug-likeness (QED) is 0.640. The molecule has 0 saturated heterocycles. The van der Waals surface area contributed by atoms with E-state index in [0.29, 0.717) is 22.9 Å². The van der Waals surface area contributed by atoms with Crippen molar-refractivity contribution >= 4 is 21.6 Å². The number of methoxy groups -OCH3 is 1. The van der Waals surface area contributed by atoms with Crippen LogP contribution in [0.3, 0.4) is 0 Å². The van der Waals surface area contributed by atoms with Crippen molar-refractivity contribution in [2.24, 2.45) is 0 Å². The maximum absolute atomic E-state index is 12.9. The van der Waals surface area contributed by atoms with Gasteiger partial charge >= 0.3 is 0 Å². The van der Waals surface area contributed by atoms with Gasteiger partial charge in [0.05, 0.1) is 17.6 Å². The van der Waals surface area contributed by atoms with Crippen molar-refractivity contribution in [3.05, 3.63) is 47.8 Å². The minimum Gasteiger partial charge on any atom is -0.496 e. The van der Waals surface area contributed by atoms with Gasteiger partial charge in [0.25, 0.3) is 5.91 Å². The molecule has 1 N–H and O–H groups in total. The summed E-state index contributed by atoms with van der Waals surface area (Å²) < 4.78 is 31.2. The van der Waals surface area contributed by atoms with Gasteiger partial charge in [-0.2, -0.15) is 0 Å². The lowest BCUT2D eigenvalue weighted by atomic mass is 10.1. The smallest absolute Gasteiger partial charge is 0.260 e. The Morgan fingerprint density at radius 1 is 1.23 bits per heavy atom. The number of rotatable bonds is 6. The van der Waals surface area contributed by atoms with Crippen LogP contribution in [0.15, 0.2) is 41.6 Å². The largest absolute Gasteiger partial charge is 0.496 e. The second-order valence-electron chi connectivity index (χ2n) is 7.11. The fraction of sp³-hybridized carbons (Fsp3) is 0.300. The molecule has 1 amide bonds. The minimum absolute atomic E-state index is 0.0696. The predicted molar refractivity (Wildman–Crippen MR) is 112 cm³/mol. The number of carbonyl (C=O) groups excluding carboxylic acids is 1. The van der Waals surface area contributed by atoms with Crippen LogP contribution in [0.4, 0.5) is 5.82 Å². The molecule has 2 aromatic heterocycles. The first-order valence-electron chi connectivity index (χ1n) is 9.18. The number of nitrogens with one attached hydrogen (secondary N) is 1. The molecule has 0 spiro atoms. The molecule has 0 bridgehead atoms. The molecular formula is C20H23N5O4S. The molecule has 3 aromatic rings. The van der Waals surface area contributed by atoms with E-state index in [-0.39, 0.29) is 22.3 Å². The SMILES string of the molecule is COc1cc(C)c(S(C)(=O)=O)cc1C(=O)Nc1cccc(-c2nncn2C(C)C)n1. The van der Waals surface area contributed by atoms with Crippen LogP contribution in [0.25, 0.3) is 11.5 Å². The first kappa shape index (κ1) is 21.4. The van der Waals surface area contributed by atoms with E-state index in [1.807, 2.05) is 18.4 Å². The average molecular weight is 430 g/mol. The molecule has 30 heavy (non-hydrogen) atoms. The van der Waals surface area contributed by atoms with E-state index in [1.165, 1.54) is 19.2 Å². The average Bonchev–Trinajstić information content (AvgIpc) is 3.17. The minimum atomic E-state index is -3.51. The lowest BCUT2D eigenvalue weighted by molar-refractivity contribution is 0.102. The fourth-order valence-corrected chi connectivity index (χ4v) is 4.00. The van der Waals surface area contributed by atoms with E-state index in [1.54, 1.807) is 31.5 Å². The summed E-state index contributed by atoms with van der Waals surface area (Å²) in [6.45, 7) is 5.65. The van der Waals surface area contributed by atoms with Gasteiger partial charge in [0.2, 0.25) is 0 Å². The van der Waals surface area contributed by atoms with E-state index in [9.17, 15) is 13.2 Å². The van der Waals surface area contributed by atoms with Crippen molar-refractivity contribution in [2.75, 3.05) is 18.7 Å². The lowest BCUT2D eigenvalue weighted by Gasteiger charge is -2.13. The number of aryl methyl sites for hydroxylation is 1. The molecule has 0 aliphatic carbocycles. The van der Waals surface area contributed by atoms with Crippen LogP contribution >= 0.6 is 0 Å². The van der Waals surface area contributed by atoms with Gasteiger partial charge in [0.15, 0.2) is 15.7 Å². The van der Waals surface area contributed by atoms with Crippen molar-refractivity contribution in [3.8, 4) is 17.3 Å². The summed E-state index contributed by atoms with van der Waals surface area (Å²) in [4.78, 5) is 17.4. The monoisotopic (exact) mass is 429 g/mol. The van der Waals surface area contributed by atoms with Crippen LogP contribution in [0, 0.1) is 6.92 Å². The molecule has 3 rings (SSSR count). The molecule has 0 fully saturated rings. The van der Waals surface area contributed by atoms with Crippen LogP contribution in [-0.2, 0) is 9.84 Å². The maximum atomic E-state index is 12.9. The Hall–Kier alpha value is -3.27. The van der Waals surface area contributed by atoms with Gasteiger partial charge in [-0.3, -0.25) is 4.79 Å². The second-order valence-corrected chi connectivity index (χ2v) is 9.09. The maximum Gasteiger partial charge on any atom is 0.260 e. The van der Waals surface area contributed by atoms with Gasteiger partial charge < -0.3 is 14.6 Å². The first-order valence-corrected chi connectivity index (χ1v) is 11.1. The van der Waals surface area contributed by atoms with Gasteiger partial charge in [-0.15, -0.1) is 10.2 Å². The molecule has 0 radical (unpaired) electrons. The molecule has 1 aromatic carbocycles. The summed E-state index contributed by atoms with van der Waals surface area (Å²) in [5.41, 5.74) is 1.15. The number of anilines is 1. The topological polar surface area (TPSA) is 116 Å². The number of hydrogen-bond donors (Lipinski definition) is 1. The highest BCUT2D eigenvalue weighted by atomic mass is 32.2. The van der Waals surface area contributed by atoms with E-state index >= 15 is 0 Å². The third kappa shape index (κ3) is 4.33. The van der Waals surface area contributed by atoms with Crippen LogP contribution in [0.5, 0.6) is 5.75 Å².